The standard InChI is InChI=1S/C20H18O2.C15H16O2.C14H14O/c1-15-3-7-17(8-4-15)21-19-11-13-20(14-12-19)22-18-9-5-16(2)6-10-18;1-12-3-7-14(8-4-12)16-11-17-15-9-5-13(2)6-10-15;1-11-3-7-13(8-4-11)15-14-9-5-12(2)6-10-14/h3-14H,1-2H3;3-10H,11H2,1-2H3;3-10H,1-2H3. The molecule has 0 amide bonds. The summed E-state index contributed by atoms with van der Waals surface area (Å²) in [6.45, 7) is 12.6. The van der Waals surface area contributed by atoms with Crippen molar-refractivity contribution in [2.24, 2.45) is 0 Å². The van der Waals surface area contributed by atoms with Gasteiger partial charge in [-0.1, -0.05) is 106 Å². The molecule has 0 fully saturated rings. The minimum absolute atomic E-state index is 0.228. The van der Waals surface area contributed by atoms with Gasteiger partial charge in [-0.05, 0) is 139 Å². The van der Waals surface area contributed by atoms with Crippen LogP contribution in [0.3, 0.4) is 0 Å². The number of hydrogen-bond acceptors (Lipinski definition) is 5. The van der Waals surface area contributed by atoms with E-state index in [2.05, 4.69) is 27.7 Å². The number of benzene rings is 7. The van der Waals surface area contributed by atoms with Gasteiger partial charge in [-0.3, -0.25) is 0 Å². The first-order valence-electron chi connectivity index (χ1n) is 18.0. The van der Waals surface area contributed by atoms with Crippen molar-refractivity contribution in [2.45, 2.75) is 41.5 Å². The Balaban J connectivity index is 0.000000159. The SMILES string of the molecule is Cc1ccc(OCOc2ccc(C)cc2)cc1.Cc1ccc(Oc2ccc(C)cc2)cc1.Cc1ccc(Oc2ccc(Oc3ccc(C)cc3)cc2)cc1. The van der Waals surface area contributed by atoms with Crippen LogP contribution in [-0.4, -0.2) is 6.79 Å². The van der Waals surface area contributed by atoms with Crippen molar-refractivity contribution in [2.75, 3.05) is 6.79 Å². The molecule has 7 aromatic rings. The molecule has 0 aliphatic carbocycles. The van der Waals surface area contributed by atoms with Gasteiger partial charge in [0.05, 0.1) is 0 Å². The van der Waals surface area contributed by atoms with Gasteiger partial charge in [-0.15, -0.1) is 0 Å². The van der Waals surface area contributed by atoms with Gasteiger partial charge in [0.15, 0.2) is 0 Å². The Morgan fingerprint density at radius 3 is 0.556 bits per heavy atom. The van der Waals surface area contributed by atoms with Crippen molar-refractivity contribution in [3.8, 4) is 46.0 Å². The first-order valence-corrected chi connectivity index (χ1v) is 18.0. The summed E-state index contributed by atoms with van der Waals surface area (Å²) in [4.78, 5) is 0. The summed E-state index contributed by atoms with van der Waals surface area (Å²) in [7, 11) is 0. The van der Waals surface area contributed by atoms with E-state index < -0.39 is 0 Å². The van der Waals surface area contributed by atoms with Crippen LogP contribution in [0.1, 0.15) is 33.4 Å². The van der Waals surface area contributed by atoms with Crippen LogP contribution in [0.2, 0.25) is 0 Å². The molecule has 0 heterocycles. The van der Waals surface area contributed by atoms with Gasteiger partial charge in [0.2, 0.25) is 6.79 Å². The second-order valence-electron chi connectivity index (χ2n) is 13.1. The van der Waals surface area contributed by atoms with E-state index in [-0.39, 0.29) is 6.79 Å². The van der Waals surface area contributed by atoms with Crippen LogP contribution >= 0.6 is 0 Å². The molecule has 0 aromatic heterocycles. The highest BCUT2D eigenvalue weighted by atomic mass is 16.7. The molecule has 0 atom stereocenters. The molecule has 0 unspecified atom stereocenters. The molecular formula is C49H48O5. The molecule has 7 rings (SSSR count). The van der Waals surface area contributed by atoms with Crippen molar-refractivity contribution >= 4 is 0 Å². The summed E-state index contributed by atoms with van der Waals surface area (Å²) in [5.41, 5.74) is 7.36. The predicted octanol–water partition coefficient (Wildman–Crippen LogP) is 13.7. The van der Waals surface area contributed by atoms with Crippen molar-refractivity contribution in [3.63, 3.8) is 0 Å². The maximum absolute atomic E-state index is 5.80. The average molecular weight is 717 g/mol. The minimum Gasteiger partial charge on any atom is -0.458 e. The first kappa shape index (κ1) is 38.8. The maximum atomic E-state index is 5.80. The maximum Gasteiger partial charge on any atom is 0.230 e. The summed E-state index contributed by atoms with van der Waals surface area (Å²) in [6.07, 6.45) is 0. The van der Waals surface area contributed by atoms with Crippen molar-refractivity contribution in [1.82, 2.24) is 0 Å². The van der Waals surface area contributed by atoms with E-state index in [0.29, 0.717) is 0 Å². The molecule has 5 nitrogen and oxygen atoms in total. The van der Waals surface area contributed by atoms with E-state index >= 15 is 0 Å². The molecular weight excluding hydrogens is 669 g/mol. The number of rotatable bonds is 10. The number of ether oxygens (including phenoxy) is 5. The molecule has 54 heavy (non-hydrogen) atoms. The fourth-order valence-electron chi connectivity index (χ4n) is 4.84. The van der Waals surface area contributed by atoms with Gasteiger partial charge in [0.25, 0.3) is 0 Å². The van der Waals surface area contributed by atoms with Crippen LogP contribution in [0.5, 0.6) is 46.0 Å². The van der Waals surface area contributed by atoms with Crippen LogP contribution in [0, 0.1) is 41.5 Å². The Morgan fingerprint density at radius 2 is 0.370 bits per heavy atom. The van der Waals surface area contributed by atoms with Gasteiger partial charge >= 0.3 is 0 Å². The molecule has 274 valence electrons. The lowest BCUT2D eigenvalue weighted by atomic mass is 10.2. The third-order valence-corrected chi connectivity index (χ3v) is 8.11. The van der Waals surface area contributed by atoms with Gasteiger partial charge in [-0.2, -0.15) is 0 Å². The molecule has 0 saturated heterocycles. The van der Waals surface area contributed by atoms with E-state index in [1.807, 2.05) is 184 Å². The van der Waals surface area contributed by atoms with Gasteiger partial charge < -0.3 is 23.7 Å². The van der Waals surface area contributed by atoms with Crippen LogP contribution in [0.4, 0.5) is 0 Å². The lowest BCUT2D eigenvalue weighted by Gasteiger charge is -2.08. The van der Waals surface area contributed by atoms with Gasteiger partial charge in [0, 0.05) is 0 Å². The largest absolute Gasteiger partial charge is 0.458 e. The predicted molar refractivity (Wildman–Crippen MR) is 220 cm³/mol. The summed E-state index contributed by atoms with van der Waals surface area (Å²) in [5.74, 6) is 6.65. The van der Waals surface area contributed by atoms with Crippen molar-refractivity contribution in [3.05, 3.63) is 203 Å². The van der Waals surface area contributed by atoms with E-state index in [0.717, 1.165) is 46.0 Å². The normalized spacial score (nSPS) is 10.1. The Hall–Kier alpha value is -6.46. The Labute approximate surface area is 320 Å². The lowest BCUT2D eigenvalue weighted by Crippen LogP contribution is -2.05. The number of aryl methyl sites for hydroxylation is 6. The van der Waals surface area contributed by atoms with E-state index in [1.165, 1.54) is 33.4 Å². The molecule has 7 aromatic carbocycles. The average Bonchev–Trinajstić information content (AvgIpc) is 3.18. The van der Waals surface area contributed by atoms with E-state index in [9.17, 15) is 0 Å². The van der Waals surface area contributed by atoms with Crippen LogP contribution in [0.15, 0.2) is 170 Å². The fourth-order valence-corrected chi connectivity index (χ4v) is 4.84. The van der Waals surface area contributed by atoms with Gasteiger partial charge in [-0.25, -0.2) is 0 Å². The van der Waals surface area contributed by atoms with Crippen molar-refractivity contribution in [1.29, 1.82) is 0 Å². The zero-order valence-electron chi connectivity index (χ0n) is 31.9. The highest BCUT2D eigenvalue weighted by Gasteiger charge is 2.01. The molecule has 0 saturated carbocycles. The quantitative estimate of drug-likeness (QED) is 0.132. The third kappa shape index (κ3) is 13.6. The second kappa shape index (κ2) is 20.0. The van der Waals surface area contributed by atoms with E-state index in [1.54, 1.807) is 0 Å². The van der Waals surface area contributed by atoms with E-state index in [4.69, 9.17) is 23.7 Å². The highest BCUT2D eigenvalue weighted by molar-refractivity contribution is 5.39. The molecule has 0 bridgehead atoms. The monoisotopic (exact) mass is 716 g/mol. The lowest BCUT2D eigenvalue weighted by molar-refractivity contribution is 0.120. The Bertz CT molecular complexity index is 1950. The Kier molecular flexibility index (Phi) is 14.3. The van der Waals surface area contributed by atoms with Crippen molar-refractivity contribution < 1.29 is 23.7 Å². The van der Waals surface area contributed by atoms with Gasteiger partial charge in [0.1, 0.15) is 46.0 Å². The summed E-state index contributed by atoms with van der Waals surface area (Å²) >= 11 is 0. The zero-order chi connectivity index (χ0) is 38.1. The summed E-state index contributed by atoms with van der Waals surface area (Å²) in [5, 5.41) is 0. The first-order chi connectivity index (χ1) is 26.2. The number of hydrogen-bond donors (Lipinski definition) is 0. The molecule has 5 heteroatoms. The Morgan fingerprint density at radius 1 is 0.222 bits per heavy atom. The molecule has 0 radical (unpaired) electrons. The highest BCUT2D eigenvalue weighted by Crippen LogP contribution is 2.27. The summed E-state index contributed by atoms with van der Waals surface area (Å²) < 4.78 is 28.2. The van der Waals surface area contributed by atoms with Crippen LogP contribution in [0.25, 0.3) is 0 Å². The topological polar surface area (TPSA) is 46.2 Å². The molecule has 0 aliphatic rings. The molecule has 0 aliphatic heterocycles. The minimum atomic E-state index is 0.228. The second-order valence-corrected chi connectivity index (χ2v) is 13.1. The van der Waals surface area contributed by atoms with Crippen LogP contribution in [-0.2, 0) is 0 Å². The molecule has 0 N–H and O–H groups in total. The zero-order valence-corrected chi connectivity index (χ0v) is 31.9. The molecule has 0 spiro atoms. The van der Waals surface area contributed by atoms with Crippen LogP contribution < -0.4 is 23.7 Å². The summed E-state index contributed by atoms with van der Waals surface area (Å²) in [6, 6.07) is 55.5. The smallest absolute Gasteiger partial charge is 0.230 e. The fraction of sp³-hybridized carbons (Fsp3) is 0.143. The third-order valence-electron chi connectivity index (χ3n) is 8.11.